The van der Waals surface area contributed by atoms with E-state index in [0.29, 0.717) is 6.54 Å². The first-order valence-electron chi connectivity index (χ1n) is 5.78. The zero-order valence-corrected chi connectivity index (χ0v) is 10.1. The minimum atomic E-state index is -0.254. The van der Waals surface area contributed by atoms with Crippen LogP contribution in [0.3, 0.4) is 0 Å². The van der Waals surface area contributed by atoms with Gasteiger partial charge < -0.3 is 19.1 Å². The molecule has 1 aromatic rings. The first-order chi connectivity index (χ1) is 8.86. The lowest BCUT2D eigenvalue weighted by molar-refractivity contribution is -0.0148. The Labute approximate surface area is 105 Å². The van der Waals surface area contributed by atoms with Crippen molar-refractivity contribution in [2.24, 2.45) is 0 Å². The lowest BCUT2D eigenvalue weighted by Crippen LogP contribution is -2.34. The molecular formula is C13H14N2O3. The number of aromatic nitrogens is 1. The molecule has 3 rings (SSSR count). The van der Waals surface area contributed by atoms with E-state index in [4.69, 9.17) is 14.2 Å². The SMILES string of the molecule is COc1cnc2c(c1)N(CC1OC=CO1)CC=C2. The highest BCUT2D eigenvalue weighted by atomic mass is 16.7. The number of anilines is 1. The molecule has 0 amide bonds. The molecule has 0 spiro atoms. The minimum Gasteiger partial charge on any atom is -0.495 e. The van der Waals surface area contributed by atoms with Crippen molar-refractivity contribution in [1.82, 2.24) is 4.98 Å². The van der Waals surface area contributed by atoms with Gasteiger partial charge in [-0.05, 0) is 6.08 Å². The average Bonchev–Trinajstić information content (AvgIpc) is 2.91. The number of rotatable bonds is 3. The lowest BCUT2D eigenvalue weighted by atomic mass is 10.2. The van der Waals surface area contributed by atoms with Gasteiger partial charge in [-0.25, -0.2) is 0 Å². The van der Waals surface area contributed by atoms with Gasteiger partial charge in [0.05, 0.1) is 31.2 Å². The fraction of sp³-hybridized carbons (Fsp3) is 0.308. The zero-order valence-electron chi connectivity index (χ0n) is 10.1. The second kappa shape index (κ2) is 4.60. The number of fused-ring (bicyclic) bond motifs is 1. The van der Waals surface area contributed by atoms with Crippen LogP contribution in [-0.4, -0.2) is 31.5 Å². The van der Waals surface area contributed by atoms with E-state index in [0.717, 1.165) is 23.7 Å². The summed E-state index contributed by atoms with van der Waals surface area (Å²) < 4.78 is 15.8. The van der Waals surface area contributed by atoms with Gasteiger partial charge in [-0.1, -0.05) is 6.08 Å². The van der Waals surface area contributed by atoms with E-state index >= 15 is 0 Å². The Morgan fingerprint density at radius 3 is 3.06 bits per heavy atom. The predicted octanol–water partition coefficient (Wildman–Crippen LogP) is 1.77. The smallest absolute Gasteiger partial charge is 0.256 e. The van der Waals surface area contributed by atoms with E-state index in [1.807, 2.05) is 12.1 Å². The Hall–Kier alpha value is -2.17. The summed E-state index contributed by atoms with van der Waals surface area (Å²) >= 11 is 0. The fourth-order valence-electron chi connectivity index (χ4n) is 2.04. The Morgan fingerprint density at radius 1 is 1.44 bits per heavy atom. The summed E-state index contributed by atoms with van der Waals surface area (Å²) in [7, 11) is 1.64. The van der Waals surface area contributed by atoms with E-state index in [-0.39, 0.29) is 6.29 Å². The summed E-state index contributed by atoms with van der Waals surface area (Å²) in [6.07, 6.45) is 8.68. The monoisotopic (exact) mass is 246 g/mol. The quantitative estimate of drug-likeness (QED) is 0.813. The predicted molar refractivity (Wildman–Crippen MR) is 67.1 cm³/mol. The lowest BCUT2D eigenvalue weighted by Gasteiger charge is -2.29. The summed E-state index contributed by atoms with van der Waals surface area (Å²) in [5, 5.41) is 0. The van der Waals surface area contributed by atoms with Crippen LogP contribution < -0.4 is 9.64 Å². The molecule has 2 aliphatic heterocycles. The second-order valence-corrected chi connectivity index (χ2v) is 4.06. The van der Waals surface area contributed by atoms with E-state index in [1.165, 1.54) is 0 Å². The second-order valence-electron chi connectivity index (χ2n) is 4.06. The third-order valence-corrected chi connectivity index (χ3v) is 2.94. The minimum absolute atomic E-state index is 0.254. The van der Waals surface area contributed by atoms with Crippen LogP contribution in [0.1, 0.15) is 5.69 Å². The molecule has 0 aromatic carbocycles. The van der Waals surface area contributed by atoms with Gasteiger partial charge in [0.15, 0.2) is 0 Å². The van der Waals surface area contributed by atoms with Crippen LogP contribution in [0.5, 0.6) is 5.75 Å². The van der Waals surface area contributed by atoms with Crippen LogP contribution in [0, 0.1) is 0 Å². The molecule has 5 nitrogen and oxygen atoms in total. The van der Waals surface area contributed by atoms with Gasteiger partial charge in [0.2, 0.25) is 0 Å². The van der Waals surface area contributed by atoms with Gasteiger partial charge in [-0.2, -0.15) is 0 Å². The van der Waals surface area contributed by atoms with Crippen molar-refractivity contribution in [2.45, 2.75) is 6.29 Å². The Balaban J connectivity index is 1.83. The van der Waals surface area contributed by atoms with Crippen LogP contribution in [0.4, 0.5) is 5.69 Å². The van der Waals surface area contributed by atoms with Gasteiger partial charge in [0.25, 0.3) is 6.29 Å². The molecular weight excluding hydrogens is 232 g/mol. The standard InChI is InChI=1S/C13H14N2O3/c1-16-10-7-12-11(14-8-10)3-2-4-15(12)9-13-17-5-6-18-13/h2-3,5-8,13H,4,9H2,1H3. The maximum atomic E-state index is 5.31. The van der Waals surface area contributed by atoms with E-state index < -0.39 is 0 Å². The zero-order chi connectivity index (χ0) is 12.4. The van der Waals surface area contributed by atoms with Crippen LogP contribution in [0.25, 0.3) is 6.08 Å². The van der Waals surface area contributed by atoms with Crippen molar-refractivity contribution in [2.75, 3.05) is 25.1 Å². The molecule has 0 radical (unpaired) electrons. The molecule has 2 aliphatic rings. The number of pyridine rings is 1. The van der Waals surface area contributed by atoms with Gasteiger partial charge in [0.1, 0.15) is 18.3 Å². The summed E-state index contributed by atoms with van der Waals surface area (Å²) in [5.74, 6) is 0.750. The van der Waals surface area contributed by atoms with Crippen molar-refractivity contribution in [3.63, 3.8) is 0 Å². The van der Waals surface area contributed by atoms with Gasteiger partial charge in [0, 0.05) is 12.6 Å². The van der Waals surface area contributed by atoms with Crippen molar-refractivity contribution in [3.05, 3.63) is 36.6 Å². The highest BCUT2D eigenvalue weighted by molar-refractivity contribution is 5.69. The summed E-state index contributed by atoms with van der Waals surface area (Å²) in [4.78, 5) is 6.52. The molecule has 0 aliphatic carbocycles. The Kier molecular flexibility index (Phi) is 2.80. The number of methoxy groups -OCH3 is 1. The Morgan fingerprint density at radius 2 is 2.28 bits per heavy atom. The van der Waals surface area contributed by atoms with Crippen molar-refractivity contribution in [1.29, 1.82) is 0 Å². The summed E-state index contributed by atoms with van der Waals surface area (Å²) in [6, 6.07) is 1.98. The number of nitrogens with zero attached hydrogens (tertiary/aromatic N) is 2. The molecule has 0 unspecified atom stereocenters. The van der Waals surface area contributed by atoms with Crippen molar-refractivity contribution < 1.29 is 14.2 Å². The number of hydrogen-bond donors (Lipinski definition) is 0. The van der Waals surface area contributed by atoms with Crippen molar-refractivity contribution in [3.8, 4) is 5.75 Å². The highest BCUT2D eigenvalue weighted by Crippen LogP contribution is 2.28. The fourth-order valence-corrected chi connectivity index (χ4v) is 2.04. The maximum absolute atomic E-state index is 5.31. The molecule has 3 heterocycles. The van der Waals surface area contributed by atoms with Crippen molar-refractivity contribution >= 4 is 11.8 Å². The third-order valence-electron chi connectivity index (χ3n) is 2.94. The van der Waals surface area contributed by atoms with Crippen LogP contribution in [0.15, 0.2) is 30.9 Å². The van der Waals surface area contributed by atoms with Crippen LogP contribution >= 0.6 is 0 Å². The summed E-state index contributed by atoms with van der Waals surface area (Å²) in [5.41, 5.74) is 1.98. The van der Waals surface area contributed by atoms with Crippen LogP contribution in [-0.2, 0) is 9.47 Å². The Bertz CT molecular complexity index is 491. The molecule has 1 aromatic heterocycles. The molecule has 0 N–H and O–H groups in total. The van der Waals surface area contributed by atoms with E-state index in [9.17, 15) is 0 Å². The van der Waals surface area contributed by atoms with Crippen LogP contribution in [0.2, 0.25) is 0 Å². The molecule has 0 bridgehead atoms. The molecule has 0 atom stereocenters. The average molecular weight is 246 g/mol. The van der Waals surface area contributed by atoms with Gasteiger partial charge in [-0.3, -0.25) is 4.98 Å². The highest BCUT2D eigenvalue weighted by Gasteiger charge is 2.21. The molecule has 18 heavy (non-hydrogen) atoms. The molecule has 0 saturated heterocycles. The molecule has 0 saturated carbocycles. The number of hydrogen-bond acceptors (Lipinski definition) is 5. The molecule has 5 heteroatoms. The molecule has 94 valence electrons. The van der Waals surface area contributed by atoms with Gasteiger partial charge >= 0.3 is 0 Å². The maximum Gasteiger partial charge on any atom is 0.256 e. The normalized spacial score (nSPS) is 17.3. The van der Waals surface area contributed by atoms with Gasteiger partial charge in [-0.15, -0.1) is 0 Å². The molecule has 0 fully saturated rings. The first-order valence-corrected chi connectivity index (χ1v) is 5.78. The van der Waals surface area contributed by atoms with E-state index in [2.05, 4.69) is 16.0 Å². The first kappa shape index (κ1) is 11.0. The number of ether oxygens (including phenoxy) is 3. The topological polar surface area (TPSA) is 43.8 Å². The summed E-state index contributed by atoms with van der Waals surface area (Å²) in [6.45, 7) is 1.46. The third kappa shape index (κ3) is 1.99. The largest absolute Gasteiger partial charge is 0.495 e. The van der Waals surface area contributed by atoms with E-state index in [1.54, 1.807) is 25.8 Å².